The molecule has 5 heteroatoms. The molecule has 1 heterocycles. The number of amides is 2. The van der Waals surface area contributed by atoms with Gasteiger partial charge in [0, 0.05) is 31.9 Å². The van der Waals surface area contributed by atoms with Crippen molar-refractivity contribution in [1.82, 2.24) is 10.2 Å². The van der Waals surface area contributed by atoms with Crippen LogP contribution in [0.25, 0.3) is 0 Å². The maximum Gasteiger partial charge on any atom is 0.313 e. The minimum Gasteiger partial charge on any atom is -0.332 e. The van der Waals surface area contributed by atoms with Crippen molar-refractivity contribution in [3.05, 3.63) is 29.3 Å². The molecule has 112 valence electrons. The van der Waals surface area contributed by atoms with E-state index in [9.17, 15) is 9.59 Å². The van der Waals surface area contributed by atoms with Gasteiger partial charge in [-0.05, 0) is 42.9 Å². The molecule has 1 aliphatic heterocycles. The van der Waals surface area contributed by atoms with E-state index in [0.717, 1.165) is 38.0 Å². The van der Waals surface area contributed by atoms with Crippen molar-refractivity contribution in [1.29, 1.82) is 0 Å². The molecule has 1 saturated heterocycles. The molecule has 2 amide bonds. The monoisotopic (exact) mass is 287 g/mol. The van der Waals surface area contributed by atoms with Gasteiger partial charge in [-0.3, -0.25) is 9.59 Å². The van der Waals surface area contributed by atoms with E-state index in [2.05, 4.69) is 16.7 Å². The second-order valence-electron chi connectivity index (χ2n) is 5.65. The number of hydrogen-bond donors (Lipinski definition) is 2. The summed E-state index contributed by atoms with van der Waals surface area (Å²) in [6.45, 7) is 2.69. The number of benzene rings is 1. The Labute approximate surface area is 124 Å². The third-order valence-corrected chi connectivity index (χ3v) is 4.24. The molecule has 0 spiro atoms. The van der Waals surface area contributed by atoms with Gasteiger partial charge >= 0.3 is 11.8 Å². The van der Waals surface area contributed by atoms with E-state index in [1.54, 1.807) is 4.90 Å². The third-order valence-electron chi connectivity index (χ3n) is 4.24. The summed E-state index contributed by atoms with van der Waals surface area (Å²) in [6.07, 6.45) is 4.38. The summed E-state index contributed by atoms with van der Waals surface area (Å²) in [5, 5.41) is 5.99. The highest BCUT2D eigenvalue weighted by molar-refractivity contribution is 6.39. The Kier molecular flexibility index (Phi) is 4.20. The van der Waals surface area contributed by atoms with E-state index in [4.69, 9.17) is 0 Å². The molecular formula is C16H21N3O2. The highest BCUT2D eigenvalue weighted by atomic mass is 16.2. The Morgan fingerprint density at radius 2 is 1.86 bits per heavy atom. The smallest absolute Gasteiger partial charge is 0.313 e. The number of fused-ring (bicyclic) bond motifs is 1. The van der Waals surface area contributed by atoms with Crippen LogP contribution < -0.4 is 10.6 Å². The standard InChI is InChI=1S/C16H21N3O2/c20-15(16(21)19-10-8-17-9-11-19)18-14-7-3-5-12-4-1-2-6-13(12)14/h3,5,7,17H,1-2,4,6,8-11H2,(H,18,20). The van der Waals surface area contributed by atoms with Crippen molar-refractivity contribution in [2.75, 3.05) is 31.5 Å². The summed E-state index contributed by atoms with van der Waals surface area (Å²) in [5.74, 6) is -0.944. The maximum absolute atomic E-state index is 12.2. The van der Waals surface area contributed by atoms with Crippen LogP contribution in [0.4, 0.5) is 5.69 Å². The lowest BCUT2D eigenvalue weighted by atomic mass is 9.90. The van der Waals surface area contributed by atoms with Crippen LogP contribution in [-0.2, 0) is 22.4 Å². The molecule has 2 N–H and O–H groups in total. The number of piperazine rings is 1. The first kappa shape index (κ1) is 14.1. The van der Waals surface area contributed by atoms with Gasteiger partial charge < -0.3 is 15.5 Å². The molecule has 2 aliphatic rings. The predicted octanol–water partition coefficient (Wildman–Crippen LogP) is 0.936. The summed E-state index contributed by atoms with van der Waals surface area (Å²) in [7, 11) is 0. The SMILES string of the molecule is O=C(Nc1cccc2c1CCCC2)C(=O)N1CCNCC1. The average molecular weight is 287 g/mol. The van der Waals surface area contributed by atoms with Crippen molar-refractivity contribution in [2.24, 2.45) is 0 Å². The first-order valence-electron chi connectivity index (χ1n) is 7.67. The normalized spacial score (nSPS) is 18.0. The second-order valence-corrected chi connectivity index (χ2v) is 5.65. The van der Waals surface area contributed by atoms with Gasteiger partial charge in [-0.2, -0.15) is 0 Å². The van der Waals surface area contributed by atoms with Gasteiger partial charge in [-0.1, -0.05) is 12.1 Å². The number of carbonyl (C=O) groups is 2. The minimum absolute atomic E-state index is 0.426. The molecule has 0 bridgehead atoms. The summed E-state index contributed by atoms with van der Waals surface area (Å²) >= 11 is 0. The second kappa shape index (κ2) is 6.26. The number of aryl methyl sites for hydroxylation is 1. The van der Waals surface area contributed by atoms with E-state index in [0.29, 0.717) is 13.1 Å². The molecule has 1 fully saturated rings. The molecule has 1 aromatic rings. The summed E-state index contributed by atoms with van der Waals surface area (Å²) in [4.78, 5) is 25.9. The quantitative estimate of drug-likeness (QED) is 0.756. The van der Waals surface area contributed by atoms with Crippen molar-refractivity contribution in [3.8, 4) is 0 Å². The van der Waals surface area contributed by atoms with E-state index >= 15 is 0 Å². The Bertz CT molecular complexity index is 550. The molecule has 1 aliphatic carbocycles. The molecular weight excluding hydrogens is 266 g/mol. The van der Waals surface area contributed by atoms with Crippen molar-refractivity contribution in [3.63, 3.8) is 0 Å². The van der Waals surface area contributed by atoms with Crippen molar-refractivity contribution < 1.29 is 9.59 Å². The van der Waals surface area contributed by atoms with Gasteiger partial charge in [-0.25, -0.2) is 0 Å². The lowest BCUT2D eigenvalue weighted by Gasteiger charge is -2.27. The zero-order chi connectivity index (χ0) is 14.7. The fourth-order valence-corrected chi connectivity index (χ4v) is 3.09. The Balaban J connectivity index is 1.71. The molecule has 0 saturated carbocycles. The van der Waals surface area contributed by atoms with Gasteiger partial charge in [-0.15, -0.1) is 0 Å². The topological polar surface area (TPSA) is 61.4 Å². The van der Waals surface area contributed by atoms with Crippen molar-refractivity contribution in [2.45, 2.75) is 25.7 Å². The Hall–Kier alpha value is -1.88. The molecule has 0 aromatic heterocycles. The largest absolute Gasteiger partial charge is 0.332 e. The van der Waals surface area contributed by atoms with Crippen LogP contribution in [0.2, 0.25) is 0 Å². The number of nitrogens with one attached hydrogen (secondary N) is 2. The van der Waals surface area contributed by atoms with Crippen LogP contribution in [0.5, 0.6) is 0 Å². The summed E-state index contributed by atoms with van der Waals surface area (Å²) < 4.78 is 0. The zero-order valence-electron chi connectivity index (χ0n) is 12.2. The Morgan fingerprint density at radius 1 is 1.10 bits per heavy atom. The van der Waals surface area contributed by atoms with Crippen LogP contribution in [0.1, 0.15) is 24.0 Å². The first-order valence-corrected chi connectivity index (χ1v) is 7.67. The van der Waals surface area contributed by atoms with Crippen LogP contribution in [-0.4, -0.2) is 42.9 Å². The van der Waals surface area contributed by atoms with Crippen molar-refractivity contribution >= 4 is 17.5 Å². The van der Waals surface area contributed by atoms with E-state index in [1.807, 2.05) is 12.1 Å². The maximum atomic E-state index is 12.2. The van der Waals surface area contributed by atoms with Gasteiger partial charge in [0.1, 0.15) is 0 Å². The van der Waals surface area contributed by atoms with Crippen LogP contribution in [0.3, 0.4) is 0 Å². The fourth-order valence-electron chi connectivity index (χ4n) is 3.09. The summed E-state index contributed by atoms with van der Waals surface area (Å²) in [5.41, 5.74) is 3.31. The third kappa shape index (κ3) is 3.08. The fraction of sp³-hybridized carbons (Fsp3) is 0.500. The highest BCUT2D eigenvalue weighted by Gasteiger charge is 2.24. The summed E-state index contributed by atoms with van der Waals surface area (Å²) in [6, 6.07) is 5.96. The first-order chi connectivity index (χ1) is 10.3. The number of rotatable bonds is 1. The molecule has 21 heavy (non-hydrogen) atoms. The molecule has 0 atom stereocenters. The lowest BCUT2D eigenvalue weighted by molar-refractivity contribution is -0.143. The Morgan fingerprint density at radius 3 is 2.67 bits per heavy atom. The predicted molar refractivity (Wildman–Crippen MR) is 81.2 cm³/mol. The zero-order valence-corrected chi connectivity index (χ0v) is 12.2. The average Bonchev–Trinajstić information content (AvgIpc) is 2.55. The molecule has 0 radical (unpaired) electrons. The molecule has 3 rings (SSSR count). The molecule has 5 nitrogen and oxygen atoms in total. The van der Waals surface area contributed by atoms with Crippen LogP contribution >= 0.6 is 0 Å². The van der Waals surface area contributed by atoms with Gasteiger partial charge in [0.15, 0.2) is 0 Å². The van der Waals surface area contributed by atoms with Crippen LogP contribution in [0.15, 0.2) is 18.2 Å². The van der Waals surface area contributed by atoms with Gasteiger partial charge in [0.05, 0.1) is 0 Å². The number of hydrogen-bond acceptors (Lipinski definition) is 3. The minimum atomic E-state index is -0.518. The number of carbonyl (C=O) groups excluding carboxylic acids is 2. The highest BCUT2D eigenvalue weighted by Crippen LogP contribution is 2.27. The van der Waals surface area contributed by atoms with E-state index in [1.165, 1.54) is 17.5 Å². The lowest BCUT2D eigenvalue weighted by Crippen LogP contribution is -2.50. The van der Waals surface area contributed by atoms with Gasteiger partial charge in [0.25, 0.3) is 0 Å². The van der Waals surface area contributed by atoms with E-state index in [-0.39, 0.29) is 0 Å². The van der Waals surface area contributed by atoms with Gasteiger partial charge in [0.2, 0.25) is 0 Å². The van der Waals surface area contributed by atoms with Crippen LogP contribution in [0, 0.1) is 0 Å². The molecule has 0 unspecified atom stereocenters. The number of anilines is 1. The molecule has 1 aromatic carbocycles. The van der Waals surface area contributed by atoms with E-state index < -0.39 is 11.8 Å². The number of nitrogens with zero attached hydrogens (tertiary/aromatic N) is 1.